The molecule has 9 heteroatoms. The SMILES string of the molecule is CCCCCCCCCC/C=C\CCCCCCCCCC(=O)NC(COP(=O)([O-])OCC[N+](C)(C)C)C(O)CCCCCCCCCCCCCCCCCC. The Labute approximate surface area is 354 Å². The molecule has 340 valence electrons. The van der Waals surface area contributed by atoms with Crippen LogP contribution in [0.5, 0.6) is 0 Å². The van der Waals surface area contributed by atoms with Crippen LogP contribution in [0.25, 0.3) is 0 Å². The zero-order valence-electron chi connectivity index (χ0n) is 38.6. The molecule has 2 N–H and O–H groups in total. The van der Waals surface area contributed by atoms with Crippen molar-refractivity contribution in [1.29, 1.82) is 0 Å². The molecule has 1 amide bonds. The van der Waals surface area contributed by atoms with Gasteiger partial charge in [0.15, 0.2) is 0 Å². The third-order valence-corrected chi connectivity index (χ3v) is 12.2. The standard InChI is InChI=1S/C48H97N2O6P/c1-6-8-10-12-14-16-18-20-22-24-25-26-28-30-32-34-36-38-40-42-48(52)49-46(45-56-57(53,54)55-44-43-50(3,4)5)47(51)41-39-37-35-33-31-29-27-23-21-19-17-15-13-11-9-7-2/h24-25,46-47,51H,6-23,26-45H2,1-5H3,(H-,49,52,53,54)/b25-24-. The number of hydrogen-bond donors (Lipinski definition) is 2. The number of phosphoric acid groups is 1. The molecule has 0 aromatic carbocycles. The number of carbonyl (C=O) groups is 1. The van der Waals surface area contributed by atoms with Gasteiger partial charge in [0, 0.05) is 6.42 Å². The van der Waals surface area contributed by atoms with Crippen LogP contribution in [0.3, 0.4) is 0 Å². The van der Waals surface area contributed by atoms with Crippen molar-refractivity contribution in [2.45, 2.75) is 251 Å². The van der Waals surface area contributed by atoms with Gasteiger partial charge in [-0.2, -0.15) is 0 Å². The second-order valence-corrected chi connectivity index (χ2v) is 19.6. The van der Waals surface area contributed by atoms with Gasteiger partial charge in [0.05, 0.1) is 39.9 Å². The molecule has 0 aliphatic carbocycles. The first kappa shape index (κ1) is 56.2. The number of likely N-dealkylation sites (N-methyl/N-ethyl adjacent to an activating group) is 1. The molecule has 3 unspecified atom stereocenters. The number of nitrogens with one attached hydrogen (secondary N) is 1. The van der Waals surface area contributed by atoms with E-state index in [2.05, 4.69) is 31.3 Å². The first-order valence-electron chi connectivity index (χ1n) is 24.5. The number of rotatable bonds is 45. The van der Waals surface area contributed by atoms with Crippen LogP contribution in [0.1, 0.15) is 239 Å². The van der Waals surface area contributed by atoms with Crippen LogP contribution in [0, 0.1) is 0 Å². The van der Waals surface area contributed by atoms with Crippen molar-refractivity contribution < 1.29 is 32.9 Å². The molecule has 0 aromatic heterocycles. The van der Waals surface area contributed by atoms with Crippen molar-refractivity contribution in [3.05, 3.63) is 12.2 Å². The van der Waals surface area contributed by atoms with E-state index in [1.54, 1.807) is 0 Å². The number of aliphatic hydroxyl groups excluding tert-OH is 1. The van der Waals surface area contributed by atoms with E-state index in [4.69, 9.17) is 9.05 Å². The molecule has 0 bridgehead atoms. The van der Waals surface area contributed by atoms with E-state index in [1.165, 1.54) is 173 Å². The summed E-state index contributed by atoms with van der Waals surface area (Å²) in [6.07, 6.45) is 46.4. The summed E-state index contributed by atoms with van der Waals surface area (Å²) in [5.41, 5.74) is 0. The fraction of sp³-hybridized carbons (Fsp3) is 0.938. The summed E-state index contributed by atoms with van der Waals surface area (Å²) in [5.74, 6) is -0.167. The van der Waals surface area contributed by atoms with Gasteiger partial charge in [0.2, 0.25) is 5.91 Å². The van der Waals surface area contributed by atoms with Crippen LogP contribution in [0.2, 0.25) is 0 Å². The van der Waals surface area contributed by atoms with Gasteiger partial charge in [-0.3, -0.25) is 9.36 Å². The first-order valence-corrected chi connectivity index (χ1v) is 26.0. The highest BCUT2D eigenvalue weighted by molar-refractivity contribution is 7.45. The number of aliphatic hydroxyl groups is 1. The molecular formula is C48H97N2O6P. The van der Waals surface area contributed by atoms with Crippen LogP contribution >= 0.6 is 7.82 Å². The van der Waals surface area contributed by atoms with E-state index in [1.807, 2.05) is 21.1 Å². The maximum atomic E-state index is 12.9. The van der Waals surface area contributed by atoms with Crippen molar-refractivity contribution in [2.24, 2.45) is 0 Å². The molecule has 0 aromatic rings. The zero-order chi connectivity index (χ0) is 42.1. The highest BCUT2D eigenvalue weighted by Crippen LogP contribution is 2.38. The third-order valence-electron chi connectivity index (χ3n) is 11.3. The lowest BCUT2D eigenvalue weighted by atomic mass is 10.0. The summed E-state index contributed by atoms with van der Waals surface area (Å²) in [6.45, 7) is 4.74. The van der Waals surface area contributed by atoms with Crippen LogP contribution in [-0.2, 0) is 18.4 Å². The lowest BCUT2D eigenvalue weighted by Gasteiger charge is -2.30. The fourth-order valence-corrected chi connectivity index (χ4v) is 8.05. The summed E-state index contributed by atoms with van der Waals surface area (Å²) >= 11 is 0. The molecule has 8 nitrogen and oxygen atoms in total. The summed E-state index contributed by atoms with van der Waals surface area (Å²) in [4.78, 5) is 25.4. The maximum Gasteiger partial charge on any atom is 0.268 e. The number of allylic oxidation sites excluding steroid dienone is 2. The summed E-state index contributed by atoms with van der Waals surface area (Å²) < 4.78 is 23.3. The van der Waals surface area contributed by atoms with E-state index >= 15 is 0 Å². The molecule has 0 rings (SSSR count). The average Bonchev–Trinajstić information content (AvgIpc) is 3.16. The van der Waals surface area contributed by atoms with Gasteiger partial charge in [0.25, 0.3) is 7.82 Å². The Balaban J connectivity index is 4.28. The number of unbranched alkanes of at least 4 members (excludes halogenated alkanes) is 30. The number of amides is 1. The molecule has 0 aliphatic rings. The van der Waals surface area contributed by atoms with Crippen molar-refractivity contribution in [1.82, 2.24) is 5.32 Å². The highest BCUT2D eigenvalue weighted by Gasteiger charge is 2.24. The maximum absolute atomic E-state index is 12.9. The second-order valence-electron chi connectivity index (χ2n) is 18.2. The van der Waals surface area contributed by atoms with Gasteiger partial charge in [0.1, 0.15) is 13.2 Å². The van der Waals surface area contributed by atoms with E-state index in [0.29, 0.717) is 23.9 Å². The molecule has 0 aliphatic heterocycles. The van der Waals surface area contributed by atoms with Crippen molar-refractivity contribution in [3.63, 3.8) is 0 Å². The zero-order valence-corrected chi connectivity index (χ0v) is 39.5. The Bertz CT molecular complexity index is 942. The predicted octanol–water partition coefficient (Wildman–Crippen LogP) is 13.3. The van der Waals surface area contributed by atoms with Crippen LogP contribution in [0.15, 0.2) is 12.2 Å². The lowest BCUT2D eigenvalue weighted by molar-refractivity contribution is -0.870. The lowest BCUT2D eigenvalue weighted by Crippen LogP contribution is -2.46. The van der Waals surface area contributed by atoms with Gasteiger partial charge in [-0.15, -0.1) is 0 Å². The van der Waals surface area contributed by atoms with Crippen molar-refractivity contribution in [3.8, 4) is 0 Å². The van der Waals surface area contributed by atoms with E-state index in [0.717, 1.165) is 38.5 Å². The first-order chi connectivity index (χ1) is 27.5. The van der Waals surface area contributed by atoms with Gasteiger partial charge in [-0.1, -0.05) is 206 Å². The Morgan fingerprint density at radius 3 is 1.37 bits per heavy atom. The largest absolute Gasteiger partial charge is 0.756 e. The van der Waals surface area contributed by atoms with Crippen molar-refractivity contribution in [2.75, 3.05) is 40.9 Å². The smallest absolute Gasteiger partial charge is 0.268 e. The van der Waals surface area contributed by atoms with Crippen LogP contribution in [0.4, 0.5) is 0 Å². The predicted molar refractivity (Wildman–Crippen MR) is 242 cm³/mol. The molecule has 0 heterocycles. The number of hydrogen-bond acceptors (Lipinski definition) is 6. The van der Waals surface area contributed by atoms with Gasteiger partial charge >= 0.3 is 0 Å². The Hall–Kier alpha value is -0.760. The van der Waals surface area contributed by atoms with Gasteiger partial charge < -0.3 is 28.8 Å². The van der Waals surface area contributed by atoms with E-state index < -0.39 is 20.0 Å². The fourth-order valence-electron chi connectivity index (χ4n) is 7.33. The molecule has 57 heavy (non-hydrogen) atoms. The molecule has 0 spiro atoms. The molecule has 0 saturated heterocycles. The molecular weight excluding hydrogens is 732 g/mol. The molecule has 0 fully saturated rings. The highest BCUT2D eigenvalue weighted by atomic mass is 31.2. The number of quaternary nitrogens is 1. The number of nitrogens with zero attached hydrogens (tertiary/aromatic N) is 1. The Kier molecular flexibility index (Phi) is 40.1. The number of phosphoric ester groups is 1. The monoisotopic (exact) mass is 829 g/mol. The number of carbonyl (C=O) groups excluding carboxylic acids is 1. The minimum absolute atomic E-state index is 0.0134. The van der Waals surface area contributed by atoms with Gasteiger partial charge in [-0.05, 0) is 38.5 Å². The summed E-state index contributed by atoms with van der Waals surface area (Å²) in [7, 11) is 1.31. The van der Waals surface area contributed by atoms with Crippen LogP contribution in [-0.4, -0.2) is 68.5 Å². The quantitative estimate of drug-likeness (QED) is 0.0274. The topological polar surface area (TPSA) is 108 Å². The summed E-state index contributed by atoms with van der Waals surface area (Å²) in [5, 5.41) is 13.9. The molecule has 3 atom stereocenters. The molecule has 0 radical (unpaired) electrons. The normalized spacial score (nSPS) is 14.3. The van der Waals surface area contributed by atoms with Crippen LogP contribution < -0.4 is 10.2 Å². The van der Waals surface area contributed by atoms with E-state index in [-0.39, 0.29) is 19.1 Å². The summed E-state index contributed by atoms with van der Waals surface area (Å²) in [6, 6.07) is -0.799. The third kappa shape index (κ3) is 43.1. The Morgan fingerprint density at radius 2 is 0.965 bits per heavy atom. The second kappa shape index (κ2) is 40.6. The minimum atomic E-state index is -4.56. The van der Waals surface area contributed by atoms with E-state index in [9.17, 15) is 19.4 Å². The average molecular weight is 829 g/mol. The minimum Gasteiger partial charge on any atom is -0.756 e. The van der Waals surface area contributed by atoms with Crippen molar-refractivity contribution >= 4 is 13.7 Å². The van der Waals surface area contributed by atoms with Gasteiger partial charge in [-0.25, -0.2) is 0 Å². The Morgan fingerprint density at radius 1 is 0.596 bits per heavy atom. The molecule has 0 saturated carbocycles.